The van der Waals surface area contributed by atoms with E-state index in [0.29, 0.717) is 23.5 Å². The Morgan fingerprint density at radius 2 is 1.49 bits per heavy atom. The van der Waals surface area contributed by atoms with Crippen LogP contribution in [0.15, 0.2) is 58.1 Å². The number of aromatic nitrogens is 2. The van der Waals surface area contributed by atoms with Gasteiger partial charge in [0.05, 0.1) is 22.2 Å². The lowest BCUT2D eigenvalue weighted by atomic mass is 9.56. The van der Waals surface area contributed by atoms with Gasteiger partial charge in [-0.25, -0.2) is 0 Å². The summed E-state index contributed by atoms with van der Waals surface area (Å²) in [5.74, 6) is 1.16. The van der Waals surface area contributed by atoms with Gasteiger partial charge in [0, 0.05) is 35.6 Å². The smallest absolute Gasteiger partial charge is 0.258 e. The molecule has 1 N–H and O–H groups in total. The van der Waals surface area contributed by atoms with Crippen LogP contribution in [0.5, 0.6) is 11.5 Å². The maximum atomic E-state index is 13.8. The molecule has 2 aromatic carbocycles. The fourth-order valence-electron chi connectivity index (χ4n) is 7.34. The van der Waals surface area contributed by atoms with Gasteiger partial charge >= 0.3 is 0 Å². The Balaban J connectivity index is 1.53. The molecule has 7 rings (SSSR count). The average Bonchev–Trinajstić information content (AvgIpc) is 2.81. The Bertz CT molecular complexity index is 1680. The number of rotatable bonds is 0. The Morgan fingerprint density at radius 3 is 2.26 bits per heavy atom. The molecule has 1 fully saturated rings. The van der Waals surface area contributed by atoms with E-state index in [2.05, 4.69) is 25.8 Å². The van der Waals surface area contributed by atoms with Gasteiger partial charge in [-0.05, 0) is 57.9 Å². The van der Waals surface area contributed by atoms with E-state index in [1.54, 1.807) is 4.57 Å². The van der Waals surface area contributed by atoms with Crippen LogP contribution in [0.25, 0.3) is 21.8 Å². The van der Waals surface area contributed by atoms with Crippen LogP contribution in [0.2, 0.25) is 0 Å². The molecule has 4 aromatic rings. The molecule has 2 bridgehead atoms. The van der Waals surface area contributed by atoms with Crippen molar-refractivity contribution >= 4 is 21.8 Å². The van der Waals surface area contributed by atoms with Crippen molar-refractivity contribution in [3.63, 3.8) is 0 Å². The zero-order chi connectivity index (χ0) is 24.3. The molecule has 0 saturated heterocycles. The average molecular weight is 469 g/mol. The third-order valence-corrected chi connectivity index (χ3v) is 8.63. The van der Waals surface area contributed by atoms with Crippen LogP contribution in [-0.4, -0.2) is 20.8 Å². The maximum Gasteiger partial charge on any atom is 0.258 e. The first-order valence-corrected chi connectivity index (χ1v) is 12.3. The van der Waals surface area contributed by atoms with Crippen molar-refractivity contribution in [2.75, 3.05) is 0 Å². The predicted molar refractivity (Wildman–Crippen MR) is 136 cm³/mol. The van der Waals surface area contributed by atoms with Gasteiger partial charge in [-0.15, -0.1) is 0 Å². The third-order valence-electron chi connectivity index (χ3n) is 8.63. The van der Waals surface area contributed by atoms with Gasteiger partial charge in [-0.3, -0.25) is 9.59 Å². The number of aromatic amines is 1. The van der Waals surface area contributed by atoms with Crippen LogP contribution >= 0.6 is 0 Å². The molecule has 178 valence electrons. The predicted octanol–water partition coefficient (Wildman–Crippen LogP) is 4.98. The second kappa shape index (κ2) is 6.56. The zero-order valence-electron chi connectivity index (χ0n) is 20.3. The monoisotopic (exact) mass is 468 g/mol. The summed E-state index contributed by atoms with van der Waals surface area (Å²) in [4.78, 5) is 30.3. The van der Waals surface area contributed by atoms with E-state index in [0.717, 1.165) is 33.8 Å². The van der Waals surface area contributed by atoms with Crippen LogP contribution in [0.1, 0.15) is 56.6 Å². The molecule has 0 radical (unpaired) electrons. The van der Waals surface area contributed by atoms with E-state index in [4.69, 9.17) is 9.47 Å². The lowest BCUT2D eigenvalue weighted by Gasteiger charge is -2.57. The molecule has 35 heavy (non-hydrogen) atoms. The van der Waals surface area contributed by atoms with Crippen molar-refractivity contribution in [2.45, 2.75) is 56.7 Å². The first-order valence-electron chi connectivity index (χ1n) is 12.3. The summed E-state index contributed by atoms with van der Waals surface area (Å²) < 4.78 is 15.2. The highest BCUT2D eigenvalue weighted by molar-refractivity contribution is 5.88. The minimum Gasteiger partial charge on any atom is -0.486 e. The molecular formula is C29H28N2O4. The highest BCUT2D eigenvalue weighted by atomic mass is 16.5. The molecule has 6 nitrogen and oxygen atoms in total. The molecule has 6 heteroatoms. The van der Waals surface area contributed by atoms with Crippen molar-refractivity contribution in [1.29, 1.82) is 0 Å². The topological polar surface area (TPSA) is 73.3 Å². The number of benzene rings is 2. The number of nitrogens with one attached hydrogen (secondary N) is 1. The summed E-state index contributed by atoms with van der Waals surface area (Å²) >= 11 is 0. The van der Waals surface area contributed by atoms with E-state index in [9.17, 15) is 9.59 Å². The van der Waals surface area contributed by atoms with Crippen molar-refractivity contribution in [3.8, 4) is 11.5 Å². The van der Waals surface area contributed by atoms with E-state index < -0.39 is 11.2 Å². The van der Waals surface area contributed by atoms with Crippen LogP contribution in [-0.2, 0) is 7.05 Å². The molecule has 1 saturated carbocycles. The second-order valence-electron chi connectivity index (χ2n) is 11.3. The molecule has 0 unspecified atom stereocenters. The Kier molecular flexibility index (Phi) is 3.90. The number of aryl methyl sites for hydroxylation is 1. The quantitative estimate of drug-likeness (QED) is 0.395. The fraction of sp³-hybridized carbons (Fsp3) is 0.379. The van der Waals surface area contributed by atoms with Crippen LogP contribution in [0.3, 0.4) is 0 Å². The van der Waals surface area contributed by atoms with E-state index in [1.165, 1.54) is 0 Å². The molecule has 2 aromatic heterocycles. The summed E-state index contributed by atoms with van der Waals surface area (Å²) in [6, 6.07) is 15.7. The molecule has 4 atom stereocenters. The number of hydrogen-bond acceptors (Lipinski definition) is 4. The molecular weight excluding hydrogens is 440 g/mol. The maximum absolute atomic E-state index is 13.8. The first kappa shape index (κ1) is 20.8. The molecule has 2 aliphatic heterocycles. The largest absolute Gasteiger partial charge is 0.486 e. The van der Waals surface area contributed by atoms with Crippen LogP contribution in [0.4, 0.5) is 0 Å². The second-order valence-corrected chi connectivity index (χ2v) is 11.3. The van der Waals surface area contributed by atoms with Crippen LogP contribution in [0, 0.1) is 5.92 Å². The molecule has 1 aliphatic carbocycles. The summed E-state index contributed by atoms with van der Waals surface area (Å²) in [7, 11) is 1.83. The summed E-state index contributed by atoms with van der Waals surface area (Å²) in [5, 5.41) is 1.87. The summed E-state index contributed by atoms with van der Waals surface area (Å²) in [6.07, 6.45) is 1.42. The van der Waals surface area contributed by atoms with E-state index in [-0.39, 0.29) is 28.9 Å². The van der Waals surface area contributed by atoms with Crippen LogP contribution < -0.4 is 20.6 Å². The van der Waals surface area contributed by atoms with Crippen molar-refractivity contribution < 1.29 is 9.47 Å². The SMILES string of the molecule is Cn1c(=O)c2c(c3ccccc31)O[C@]1(C)C[C@@H]3c4c(c5ccccc5[nH]c4=O)OC(C)(C)[C@H]3[C@H]2C1. The van der Waals surface area contributed by atoms with Gasteiger partial charge in [-0.1, -0.05) is 24.3 Å². The molecule has 0 spiro atoms. The number of para-hydroxylation sites is 2. The van der Waals surface area contributed by atoms with Crippen molar-refractivity contribution in [2.24, 2.45) is 13.0 Å². The minimum atomic E-state index is -0.578. The Morgan fingerprint density at radius 1 is 0.857 bits per heavy atom. The van der Waals surface area contributed by atoms with Gasteiger partial charge in [0.1, 0.15) is 22.7 Å². The van der Waals surface area contributed by atoms with Gasteiger partial charge in [0.25, 0.3) is 11.1 Å². The third kappa shape index (κ3) is 2.65. The van der Waals surface area contributed by atoms with Crippen molar-refractivity contribution in [1.82, 2.24) is 9.55 Å². The Hall–Kier alpha value is -3.54. The first-order chi connectivity index (χ1) is 16.7. The zero-order valence-corrected chi connectivity index (χ0v) is 20.3. The lowest BCUT2D eigenvalue weighted by molar-refractivity contribution is -0.0797. The fourth-order valence-corrected chi connectivity index (χ4v) is 7.34. The number of ether oxygens (including phenoxy) is 2. The number of hydrogen-bond donors (Lipinski definition) is 1. The standard InChI is InChI=1S/C29H28N2O4/c1-28(2)23-17(21-24(34-28)15-9-5-7-11-19(15)30-26(21)32)13-29(3)14-18(23)22-25(35-29)16-10-6-8-12-20(16)31(4)27(22)33/h5-12,17-18,23H,13-14H2,1-4H3,(H,30,32)/t17-,18+,23-,29-/m1/s1. The number of nitrogens with zero attached hydrogens (tertiary/aromatic N) is 1. The minimum absolute atomic E-state index is 0.0274. The number of pyridine rings is 2. The van der Waals surface area contributed by atoms with Crippen molar-refractivity contribution in [3.05, 3.63) is 80.4 Å². The number of H-pyrrole nitrogens is 1. The summed E-state index contributed by atoms with van der Waals surface area (Å²) in [5.41, 5.74) is 1.84. The molecule has 3 aliphatic rings. The lowest BCUT2D eigenvalue weighted by Crippen LogP contribution is -2.58. The molecule has 4 heterocycles. The highest BCUT2D eigenvalue weighted by Crippen LogP contribution is 2.62. The number of fused-ring (bicyclic) bond motifs is 12. The van der Waals surface area contributed by atoms with Gasteiger partial charge in [0.15, 0.2) is 0 Å². The normalized spacial score (nSPS) is 27.9. The van der Waals surface area contributed by atoms with Gasteiger partial charge < -0.3 is 19.0 Å². The molecule has 0 amide bonds. The van der Waals surface area contributed by atoms with Gasteiger partial charge in [-0.2, -0.15) is 0 Å². The van der Waals surface area contributed by atoms with E-state index in [1.807, 2.05) is 55.6 Å². The Labute approximate surface area is 202 Å². The summed E-state index contributed by atoms with van der Waals surface area (Å²) in [6.45, 7) is 6.34. The van der Waals surface area contributed by atoms with Gasteiger partial charge in [0.2, 0.25) is 0 Å². The highest BCUT2D eigenvalue weighted by Gasteiger charge is 2.59. The van der Waals surface area contributed by atoms with E-state index >= 15 is 0 Å².